The van der Waals surface area contributed by atoms with Crippen LogP contribution in [-0.2, 0) is 28.8 Å². The van der Waals surface area contributed by atoms with Gasteiger partial charge in [0, 0.05) is 17.8 Å². The van der Waals surface area contributed by atoms with Crippen molar-refractivity contribution in [2.24, 2.45) is 5.92 Å². The van der Waals surface area contributed by atoms with Crippen LogP contribution >= 0.6 is 0 Å². The summed E-state index contributed by atoms with van der Waals surface area (Å²) in [5, 5.41) is 12.8. The van der Waals surface area contributed by atoms with Crippen molar-refractivity contribution in [1.29, 1.82) is 0 Å². The average Bonchev–Trinajstić information content (AvgIpc) is 2.65. The molecule has 3 rings (SSSR count). The quantitative estimate of drug-likeness (QED) is 0.775. The van der Waals surface area contributed by atoms with Crippen molar-refractivity contribution in [2.45, 2.75) is 39.0 Å². The van der Waals surface area contributed by atoms with E-state index >= 15 is 0 Å². The summed E-state index contributed by atoms with van der Waals surface area (Å²) in [5.74, 6) is 1.21. The molecular formula is C20H25N3O3. The maximum atomic E-state index is 12.2. The van der Waals surface area contributed by atoms with Gasteiger partial charge in [-0.15, -0.1) is 0 Å². The van der Waals surface area contributed by atoms with Gasteiger partial charge in [0.2, 0.25) is 0 Å². The number of phenolic OH excluding ortho intramolecular Hbond substituents is 1. The van der Waals surface area contributed by atoms with Crippen LogP contribution in [0, 0.1) is 12.8 Å². The number of rotatable bonds is 6. The van der Waals surface area contributed by atoms with E-state index in [0.29, 0.717) is 13.0 Å². The highest BCUT2D eigenvalue weighted by Gasteiger charge is 2.22. The van der Waals surface area contributed by atoms with Gasteiger partial charge in [0.15, 0.2) is 0 Å². The summed E-state index contributed by atoms with van der Waals surface area (Å²) in [5.41, 5.74) is 3.27. The maximum Gasteiger partial charge on any atom is 0.310 e. The van der Waals surface area contributed by atoms with Crippen molar-refractivity contribution in [2.75, 3.05) is 19.0 Å². The van der Waals surface area contributed by atoms with E-state index in [1.165, 1.54) is 12.7 Å². The molecule has 6 nitrogen and oxygen atoms in total. The summed E-state index contributed by atoms with van der Waals surface area (Å²) >= 11 is 0. The van der Waals surface area contributed by atoms with E-state index in [1.54, 1.807) is 12.1 Å². The number of esters is 1. The van der Waals surface area contributed by atoms with Gasteiger partial charge < -0.3 is 15.2 Å². The van der Waals surface area contributed by atoms with Crippen LogP contribution in [0.3, 0.4) is 0 Å². The van der Waals surface area contributed by atoms with Crippen LogP contribution in [0.5, 0.6) is 5.75 Å². The number of carbonyl (C=O) groups is 1. The summed E-state index contributed by atoms with van der Waals surface area (Å²) in [4.78, 5) is 21.3. The molecular weight excluding hydrogens is 330 g/mol. The lowest BCUT2D eigenvalue weighted by molar-refractivity contribution is -0.144. The molecule has 2 aromatic rings. The van der Waals surface area contributed by atoms with E-state index in [9.17, 15) is 9.90 Å². The second-order valence-corrected chi connectivity index (χ2v) is 6.72. The Bertz CT molecular complexity index is 775. The minimum atomic E-state index is -0.334. The Morgan fingerprint density at radius 3 is 2.69 bits per heavy atom. The van der Waals surface area contributed by atoms with E-state index in [2.05, 4.69) is 15.3 Å². The molecule has 26 heavy (non-hydrogen) atoms. The predicted octanol–water partition coefficient (Wildman–Crippen LogP) is 2.81. The number of nitrogens with zero attached hydrogens (tertiary/aromatic N) is 2. The van der Waals surface area contributed by atoms with Gasteiger partial charge in [0.25, 0.3) is 0 Å². The van der Waals surface area contributed by atoms with Gasteiger partial charge in [0.05, 0.1) is 13.0 Å². The molecule has 1 unspecified atom stereocenters. The zero-order valence-corrected chi connectivity index (χ0v) is 15.3. The Labute approximate surface area is 153 Å². The summed E-state index contributed by atoms with van der Waals surface area (Å²) in [7, 11) is 1.41. The highest BCUT2D eigenvalue weighted by Crippen LogP contribution is 2.26. The van der Waals surface area contributed by atoms with Gasteiger partial charge in [-0.05, 0) is 56.7 Å². The molecule has 6 heteroatoms. The molecule has 138 valence electrons. The van der Waals surface area contributed by atoms with Crippen LogP contribution in [0.25, 0.3) is 0 Å². The van der Waals surface area contributed by atoms with Crippen molar-refractivity contribution in [3.8, 4) is 5.75 Å². The molecule has 0 radical (unpaired) electrons. The monoisotopic (exact) mass is 355 g/mol. The van der Waals surface area contributed by atoms with E-state index in [-0.39, 0.29) is 17.6 Å². The fraction of sp³-hybridized carbons (Fsp3) is 0.450. The molecule has 1 atom stereocenters. The van der Waals surface area contributed by atoms with Crippen LogP contribution < -0.4 is 5.32 Å². The zero-order valence-electron chi connectivity index (χ0n) is 15.3. The smallest absolute Gasteiger partial charge is 0.310 e. The Hall–Kier alpha value is -2.63. The summed E-state index contributed by atoms with van der Waals surface area (Å²) in [6, 6.07) is 6.90. The molecule has 0 amide bonds. The predicted molar refractivity (Wildman–Crippen MR) is 99.2 cm³/mol. The first-order valence-corrected chi connectivity index (χ1v) is 9.03. The molecule has 1 aliphatic carbocycles. The van der Waals surface area contributed by atoms with Crippen LogP contribution in [0.2, 0.25) is 0 Å². The Morgan fingerprint density at radius 2 is 1.96 bits per heavy atom. The first-order valence-electron chi connectivity index (χ1n) is 9.03. The average molecular weight is 355 g/mol. The fourth-order valence-corrected chi connectivity index (χ4v) is 3.41. The number of phenols is 1. The molecule has 1 aromatic carbocycles. The third kappa shape index (κ3) is 4.31. The molecule has 0 spiro atoms. The minimum absolute atomic E-state index is 0.213. The van der Waals surface area contributed by atoms with Crippen LogP contribution in [0.1, 0.15) is 35.5 Å². The number of carbonyl (C=O) groups excluding carboxylic acids is 1. The van der Waals surface area contributed by atoms with Gasteiger partial charge in [-0.1, -0.05) is 12.1 Å². The van der Waals surface area contributed by atoms with E-state index in [1.807, 2.05) is 19.1 Å². The van der Waals surface area contributed by atoms with Crippen molar-refractivity contribution in [1.82, 2.24) is 9.97 Å². The second-order valence-electron chi connectivity index (χ2n) is 6.72. The first-order chi connectivity index (χ1) is 12.6. The van der Waals surface area contributed by atoms with Crippen molar-refractivity contribution >= 4 is 11.8 Å². The standard InChI is InChI=1S/C20H25N3O3/c1-13-22-18-6-4-3-5-17(18)19(23-13)21-12-15(20(25)26-2)11-14-7-9-16(24)10-8-14/h7-10,15,24H,3-6,11-12H2,1-2H3,(H,21,22,23). The fourth-order valence-electron chi connectivity index (χ4n) is 3.41. The molecule has 0 bridgehead atoms. The van der Waals surface area contributed by atoms with Crippen molar-refractivity contribution in [3.05, 3.63) is 46.9 Å². The van der Waals surface area contributed by atoms with E-state index in [0.717, 1.165) is 48.6 Å². The Balaban J connectivity index is 1.75. The number of hydrogen-bond acceptors (Lipinski definition) is 6. The number of benzene rings is 1. The summed E-state index contributed by atoms with van der Waals surface area (Å²) in [6.07, 6.45) is 4.79. The Kier molecular flexibility index (Phi) is 5.71. The third-order valence-corrected chi connectivity index (χ3v) is 4.76. The first kappa shape index (κ1) is 18.2. The van der Waals surface area contributed by atoms with Crippen molar-refractivity contribution in [3.63, 3.8) is 0 Å². The van der Waals surface area contributed by atoms with Gasteiger partial charge in [-0.2, -0.15) is 0 Å². The molecule has 0 saturated carbocycles. The molecule has 1 aromatic heterocycles. The molecule has 2 N–H and O–H groups in total. The van der Waals surface area contributed by atoms with Gasteiger partial charge in [-0.25, -0.2) is 9.97 Å². The van der Waals surface area contributed by atoms with Gasteiger partial charge in [0.1, 0.15) is 17.4 Å². The lowest BCUT2D eigenvalue weighted by Gasteiger charge is -2.21. The van der Waals surface area contributed by atoms with Crippen LogP contribution in [0.4, 0.5) is 5.82 Å². The number of aryl methyl sites for hydroxylation is 2. The number of ether oxygens (including phenoxy) is 1. The van der Waals surface area contributed by atoms with E-state index in [4.69, 9.17) is 4.74 Å². The number of fused-ring (bicyclic) bond motifs is 1. The normalized spacial score (nSPS) is 14.4. The maximum absolute atomic E-state index is 12.2. The lowest BCUT2D eigenvalue weighted by atomic mass is 9.95. The second kappa shape index (κ2) is 8.17. The molecule has 0 aliphatic heterocycles. The van der Waals surface area contributed by atoms with E-state index < -0.39 is 0 Å². The number of aromatic nitrogens is 2. The topological polar surface area (TPSA) is 84.3 Å². The summed E-state index contributed by atoms with van der Waals surface area (Å²) in [6.45, 7) is 2.34. The van der Waals surface area contributed by atoms with Crippen molar-refractivity contribution < 1.29 is 14.6 Å². The summed E-state index contributed by atoms with van der Waals surface area (Å²) < 4.78 is 4.97. The van der Waals surface area contributed by atoms with Crippen LogP contribution in [-0.4, -0.2) is 34.7 Å². The number of anilines is 1. The highest BCUT2D eigenvalue weighted by atomic mass is 16.5. The number of nitrogens with one attached hydrogen (secondary N) is 1. The lowest BCUT2D eigenvalue weighted by Crippen LogP contribution is -2.27. The Morgan fingerprint density at radius 1 is 1.23 bits per heavy atom. The third-order valence-electron chi connectivity index (χ3n) is 4.76. The molecule has 0 saturated heterocycles. The molecule has 0 fully saturated rings. The van der Waals surface area contributed by atoms with Gasteiger partial charge >= 0.3 is 5.97 Å². The van der Waals surface area contributed by atoms with Gasteiger partial charge in [-0.3, -0.25) is 4.79 Å². The highest BCUT2D eigenvalue weighted by molar-refractivity contribution is 5.73. The SMILES string of the molecule is COC(=O)C(CNc1nc(C)nc2c1CCCC2)Cc1ccc(O)cc1. The number of hydrogen-bond donors (Lipinski definition) is 2. The molecule has 1 aliphatic rings. The minimum Gasteiger partial charge on any atom is -0.508 e. The largest absolute Gasteiger partial charge is 0.508 e. The number of aromatic hydroxyl groups is 1. The van der Waals surface area contributed by atoms with Crippen LogP contribution in [0.15, 0.2) is 24.3 Å². The number of methoxy groups -OCH3 is 1. The molecule has 1 heterocycles. The zero-order chi connectivity index (χ0) is 18.5.